The van der Waals surface area contributed by atoms with Gasteiger partial charge in [-0.1, -0.05) is 12.1 Å². The molecule has 26 heavy (non-hydrogen) atoms. The van der Waals surface area contributed by atoms with Crippen LogP contribution in [-0.4, -0.2) is 46.8 Å². The number of amides is 1. The Morgan fingerprint density at radius 1 is 1.35 bits per heavy atom. The Kier molecular flexibility index (Phi) is 5.94. The first kappa shape index (κ1) is 18.9. The Hall–Kier alpha value is -1.92. The summed E-state index contributed by atoms with van der Waals surface area (Å²) in [5.41, 5.74) is 1.18. The van der Waals surface area contributed by atoms with Crippen LogP contribution in [0.4, 0.5) is 4.39 Å². The average molecular weight is 374 g/mol. The number of carbonyl (C=O) groups is 1. The number of aliphatic hydroxyl groups excluding tert-OH is 1. The van der Waals surface area contributed by atoms with Gasteiger partial charge in [-0.2, -0.15) is 0 Å². The first-order valence-electron chi connectivity index (χ1n) is 8.70. The zero-order valence-electron chi connectivity index (χ0n) is 14.8. The maximum atomic E-state index is 13.2. The normalized spacial score (nSPS) is 20.2. The highest BCUT2D eigenvalue weighted by molar-refractivity contribution is 7.98. The van der Waals surface area contributed by atoms with Crippen molar-refractivity contribution in [1.82, 2.24) is 9.88 Å². The van der Waals surface area contributed by atoms with Crippen molar-refractivity contribution < 1.29 is 14.3 Å². The van der Waals surface area contributed by atoms with Gasteiger partial charge in [0.25, 0.3) is 5.91 Å². The Bertz CT molecular complexity index is 769. The van der Waals surface area contributed by atoms with Crippen LogP contribution < -0.4 is 0 Å². The molecule has 1 fully saturated rings. The number of aromatic nitrogens is 1. The Balaban J connectivity index is 1.80. The molecular weight excluding hydrogens is 351 g/mol. The molecule has 4 nitrogen and oxygen atoms in total. The predicted molar refractivity (Wildman–Crippen MR) is 101 cm³/mol. The van der Waals surface area contributed by atoms with Crippen LogP contribution in [0.3, 0.4) is 0 Å². The Morgan fingerprint density at radius 3 is 2.81 bits per heavy atom. The molecule has 2 heterocycles. The summed E-state index contributed by atoms with van der Waals surface area (Å²) in [4.78, 5) is 19.1. The molecule has 1 aromatic heterocycles. The Morgan fingerprint density at radius 2 is 2.12 bits per heavy atom. The first-order chi connectivity index (χ1) is 12.6. The third kappa shape index (κ3) is 4.07. The second-order valence-electron chi connectivity index (χ2n) is 6.85. The lowest BCUT2D eigenvalue weighted by molar-refractivity contribution is 0.0269. The van der Waals surface area contributed by atoms with Crippen LogP contribution in [0.5, 0.6) is 0 Å². The molecule has 2 aromatic rings. The number of aliphatic hydroxyl groups is 1. The monoisotopic (exact) mass is 374 g/mol. The fraction of sp³-hybridized carbons (Fsp3) is 0.400. The third-order valence-corrected chi connectivity index (χ3v) is 5.68. The minimum atomic E-state index is -0.395. The van der Waals surface area contributed by atoms with Crippen molar-refractivity contribution in [2.45, 2.75) is 24.3 Å². The maximum absolute atomic E-state index is 13.2. The van der Waals surface area contributed by atoms with Gasteiger partial charge in [-0.15, -0.1) is 11.8 Å². The SMILES string of the molecule is CSc1ncccc1C(=O)N1CCCC(CO)(Cc2ccc(F)cc2)C1. The average Bonchev–Trinajstić information content (AvgIpc) is 2.69. The van der Waals surface area contributed by atoms with Crippen molar-refractivity contribution in [3.8, 4) is 0 Å². The van der Waals surface area contributed by atoms with Crippen molar-refractivity contribution in [3.63, 3.8) is 0 Å². The van der Waals surface area contributed by atoms with E-state index in [1.807, 2.05) is 11.2 Å². The van der Waals surface area contributed by atoms with E-state index in [-0.39, 0.29) is 18.3 Å². The summed E-state index contributed by atoms with van der Waals surface area (Å²) < 4.78 is 13.2. The van der Waals surface area contributed by atoms with Crippen LogP contribution in [0.2, 0.25) is 0 Å². The molecule has 1 aliphatic rings. The zero-order chi connectivity index (χ0) is 18.6. The minimum absolute atomic E-state index is 0.00339. The molecule has 1 atom stereocenters. The smallest absolute Gasteiger partial charge is 0.256 e. The van der Waals surface area contributed by atoms with E-state index in [9.17, 15) is 14.3 Å². The topological polar surface area (TPSA) is 53.4 Å². The molecule has 1 saturated heterocycles. The maximum Gasteiger partial charge on any atom is 0.256 e. The fourth-order valence-corrected chi connectivity index (χ4v) is 4.17. The second-order valence-corrected chi connectivity index (χ2v) is 7.65. The predicted octanol–water partition coefficient (Wildman–Crippen LogP) is 3.40. The highest BCUT2D eigenvalue weighted by Crippen LogP contribution is 2.34. The number of carbonyl (C=O) groups excluding carboxylic acids is 1. The number of nitrogens with zero attached hydrogens (tertiary/aromatic N) is 2. The lowest BCUT2D eigenvalue weighted by Crippen LogP contribution is -2.49. The van der Waals surface area contributed by atoms with Gasteiger partial charge >= 0.3 is 0 Å². The summed E-state index contributed by atoms with van der Waals surface area (Å²) in [6.45, 7) is 1.16. The van der Waals surface area contributed by atoms with Gasteiger partial charge in [0.1, 0.15) is 10.8 Å². The summed E-state index contributed by atoms with van der Waals surface area (Å²) in [5, 5.41) is 10.8. The quantitative estimate of drug-likeness (QED) is 0.815. The number of benzene rings is 1. The van der Waals surface area contributed by atoms with E-state index in [0.717, 1.165) is 23.4 Å². The van der Waals surface area contributed by atoms with E-state index in [2.05, 4.69) is 4.98 Å². The number of thioether (sulfide) groups is 1. The lowest BCUT2D eigenvalue weighted by Gasteiger charge is -2.42. The molecule has 1 amide bonds. The highest BCUT2D eigenvalue weighted by atomic mass is 32.2. The summed E-state index contributed by atoms with van der Waals surface area (Å²) in [6, 6.07) is 9.95. The number of rotatable bonds is 5. The van der Waals surface area contributed by atoms with E-state index in [0.29, 0.717) is 25.1 Å². The summed E-state index contributed by atoms with van der Waals surface area (Å²) >= 11 is 1.45. The lowest BCUT2D eigenvalue weighted by atomic mass is 9.75. The van der Waals surface area contributed by atoms with E-state index in [4.69, 9.17) is 0 Å². The molecule has 0 spiro atoms. The Labute approximate surface area is 157 Å². The fourth-order valence-electron chi connectivity index (χ4n) is 3.63. The van der Waals surface area contributed by atoms with Crippen molar-refractivity contribution in [3.05, 3.63) is 59.5 Å². The second kappa shape index (κ2) is 8.18. The van der Waals surface area contributed by atoms with E-state index >= 15 is 0 Å². The van der Waals surface area contributed by atoms with Crippen LogP contribution in [0.25, 0.3) is 0 Å². The first-order valence-corrected chi connectivity index (χ1v) is 9.93. The molecule has 0 saturated carbocycles. The molecule has 138 valence electrons. The van der Waals surface area contributed by atoms with Crippen LogP contribution >= 0.6 is 11.8 Å². The molecule has 0 radical (unpaired) electrons. The van der Waals surface area contributed by atoms with Crippen LogP contribution in [-0.2, 0) is 6.42 Å². The number of pyridine rings is 1. The molecule has 1 N–H and O–H groups in total. The summed E-state index contributed by atoms with van der Waals surface area (Å²) in [5.74, 6) is -0.312. The highest BCUT2D eigenvalue weighted by Gasteiger charge is 2.37. The minimum Gasteiger partial charge on any atom is -0.396 e. The van der Waals surface area contributed by atoms with Crippen molar-refractivity contribution in [1.29, 1.82) is 0 Å². The van der Waals surface area contributed by atoms with Crippen LogP contribution in [0, 0.1) is 11.2 Å². The molecule has 1 unspecified atom stereocenters. The van der Waals surface area contributed by atoms with E-state index < -0.39 is 5.41 Å². The van der Waals surface area contributed by atoms with Crippen LogP contribution in [0.15, 0.2) is 47.6 Å². The number of piperidine rings is 1. The number of hydrogen-bond acceptors (Lipinski definition) is 4. The molecule has 1 aliphatic heterocycles. The number of hydrogen-bond donors (Lipinski definition) is 1. The molecule has 3 rings (SSSR count). The molecular formula is C20H23FN2O2S. The van der Waals surface area contributed by atoms with Crippen LogP contribution in [0.1, 0.15) is 28.8 Å². The molecule has 6 heteroatoms. The largest absolute Gasteiger partial charge is 0.396 e. The van der Waals surface area contributed by atoms with Crippen molar-refractivity contribution in [2.75, 3.05) is 26.0 Å². The van der Waals surface area contributed by atoms with Crippen molar-refractivity contribution in [2.24, 2.45) is 5.41 Å². The van der Waals surface area contributed by atoms with Gasteiger partial charge in [0.2, 0.25) is 0 Å². The third-order valence-electron chi connectivity index (χ3n) is 4.97. The van der Waals surface area contributed by atoms with Gasteiger partial charge in [0.15, 0.2) is 0 Å². The summed E-state index contributed by atoms with van der Waals surface area (Å²) in [6.07, 6.45) is 5.89. The molecule has 0 bridgehead atoms. The zero-order valence-corrected chi connectivity index (χ0v) is 15.6. The van der Waals surface area contributed by atoms with E-state index in [1.165, 1.54) is 23.9 Å². The van der Waals surface area contributed by atoms with Gasteiger partial charge in [-0.05, 0) is 55.3 Å². The van der Waals surface area contributed by atoms with Crippen molar-refractivity contribution >= 4 is 17.7 Å². The number of halogens is 1. The van der Waals surface area contributed by atoms with Gasteiger partial charge < -0.3 is 10.0 Å². The molecule has 1 aromatic carbocycles. The molecule has 0 aliphatic carbocycles. The van der Waals surface area contributed by atoms with Gasteiger partial charge in [-0.3, -0.25) is 4.79 Å². The number of likely N-dealkylation sites (tertiary alicyclic amines) is 1. The van der Waals surface area contributed by atoms with Gasteiger partial charge in [0.05, 0.1) is 12.2 Å². The van der Waals surface area contributed by atoms with Gasteiger partial charge in [-0.25, -0.2) is 9.37 Å². The van der Waals surface area contributed by atoms with E-state index in [1.54, 1.807) is 30.5 Å². The van der Waals surface area contributed by atoms with Gasteiger partial charge in [0, 0.05) is 24.7 Å². The summed E-state index contributed by atoms with van der Waals surface area (Å²) in [7, 11) is 0. The standard InChI is InChI=1S/C20H23FN2O2S/c1-26-18-17(4-2-10-22-18)19(25)23-11-3-9-20(13-23,14-24)12-15-5-7-16(21)8-6-15/h2,4-8,10,24H,3,9,11-14H2,1H3.